The fourth-order valence-corrected chi connectivity index (χ4v) is 2.78. The molecule has 2 aliphatic rings. The number of piperidine rings is 1. The van der Waals surface area contributed by atoms with Gasteiger partial charge in [0.15, 0.2) is 1.41 Å². The van der Waals surface area contributed by atoms with Crippen molar-refractivity contribution in [1.82, 2.24) is 15.1 Å². The summed E-state index contributed by atoms with van der Waals surface area (Å²) in [6, 6.07) is -0.376. The molecule has 20 heavy (non-hydrogen) atoms. The molecule has 2 unspecified atom stereocenters. The second-order valence-electron chi connectivity index (χ2n) is 4.99. The highest BCUT2D eigenvalue weighted by Gasteiger charge is 2.38. The minimum atomic E-state index is -0.343. The Kier molecular flexibility index (Phi) is 4.57. The van der Waals surface area contributed by atoms with Crippen molar-refractivity contribution in [1.29, 1.82) is 0 Å². The average Bonchev–Trinajstić information content (AvgIpc) is 2.50. The molecule has 2 aliphatic heterocycles. The summed E-state index contributed by atoms with van der Waals surface area (Å²) in [6.45, 7) is 4.15. The molecule has 2 heterocycles. The Bertz CT molecular complexity index is 396. The first-order chi connectivity index (χ1) is 10.1. The lowest BCUT2D eigenvalue weighted by atomic mass is 9.99. The zero-order valence-corrected chi connectivity index (χ0v) is 12.1. The fourth-order valence-electron chi connectivity index (χ4n) is 2.78. The van der Waals surface area contributed by atoms with Crippen LogP contribution in [0.25, 0.3) is 0 Å². The molecular weight excluding hydrogens is 262 g/mol. The second-order valence-corrected chi connectivity index (χ2v) is 4.99. The van der Waals surface area contributed by atoms with Gasteiger partial charge in [-0.15, -0.1) is 0 Å². The van der Waals surface area contributed by atoms with E-state index in [1.165, 1.54) is 0 Å². The lowest BCUT2D eigenvalue weighted by Crippen LogP contribution is -2.61. The van der Waals surface area contributed by atoms with Crippen LogP contribution in [0.2, 0.25) is 1.41 Å². The van der Waals surface area contributed by atoms with Crippen molar-refractivity contribution in [2.24, 2.45) is 0 Å². The van der Waals surface area contributed by atoms with Gasteiger partial charge in [0.25, 0.3) is 0 Å². The summed E-state index contributed by atoms with van der Waals surface area (Å²) in [5.74, 6) is 0. The summed E-state index contributed by atoms with van der Waals surface area (Å²) in [7, 11) is 1.58. The summed E-state index contributed by atoms with van der Waals surface area (Å²) in [6.07, 6.45) is 0.824. The van der Waals surface area contributed by atoms with Crippen molar-refractivity contribution in [3.63, 3.8) is 0 Å². The van der Waals surface area contributed by atoms with E-state index in [-0.39, 0.29) is 24.3 Å². The van der Waals surface area contributed by atoms with Gasteiger partial charge < -0.3 is 24.6 Å². The Hall–Kier alpha value is -1.50. The molecule has 2 atom stereocenters. The number of nitrogens with one attached hydrogen (secondary N) is 1. The zero-order chi connectivity index (χ0) is 15.4. The highest BCUT2D eigenvalue weighted by molar-refractivity contribution is 5.75. The van der Waals surface area contributed by atoms with E-state index in [2.05, 4.69) is 0 Å². The Morgan fingerprint density at radius 3 is 3.05 bits per heavy atom. The maximum Gasteiger partial charge on any atom is 0.409 e. The summed E-state index contributed by atoms with van der Waals surface area (Å²) >= 11 is 0. The van der Waals surface area contributed by atoms with Gasteiger partial charge in [-0.05, 0) is 19.8 Å². The molecule has 7 nitrogen and oxygen atoms in total. The molecule has 2 fully saturated rings. The van der Waals surface area contributed by atoms with Gasteiger partial charge >= 0.3 is 12.1 Å². The summed E-state index contributed by atoms with van der Waals surface area (Å²) < 4.78 is 18.1. The molecule has 0 aromatic carbocycles. The van der Waals surface area contributed by atoms with Crippen LogP contribution < -0.4 is 5.31 Å². The van der Waals surface area contributed by atoms with Crippen molar-refractivity contribution >= 4 is 12.1 Å². The van der Waals surface area contributed by atoms with Crippen LogP contribution in [0.15, 0.2) is 0 Å². The average molecular weight is 286 g/mol. The van der Waals surface area contributed by atoms with E-state index >= 15 is 0 Å². The lowest BCUT2D eigenvalue weighted by molar-refractivity contribution is -0.0266. The van der Waals surface area contributed by atoms with Gasteiger partial charge in [0.1, 0.15) is 0 Å². The van der Waals surface area contributed by atoms with E-state index < -0.39 is 0 Å². The Labute approximate surface area is 120 Å². The fraction of sp³-hybridized carbons (Fsp3) is 0.846. The number of hydrogen-bond acceptors (Lipinski definition) is 4. The van der Waals surface area contributed by atoms with Gasteiger partial charge in [-0.3, -0.25) is 0 Å². The summed E-state index contributed by atoms with van der Waals surface area (Å²) in [5, 5.41) is 0.994. The van der Waals surface area contributed by atoms with Crippen molar-refractivity contribution in [3.05, 3.63) is 0 Å². The van der Waals surface area contributed by atoms with Gasteiger partial charge in [0.2, 0.25) is 0 Å². The maximum atomic E-state index is 12.1. The third kappa shape index (κ3) is 3.15. The molecule has 0 saturated carbocycles. The Balaban J connectivity index is 2.02. The molecule has 2 saturated heterocycles. The van der Waals surface area contributed by atoms with E-state index in [4.69, 9.17) is 10.9 Å². The number of nitrogens with zero attached hydrogens (tertiary/aromatic N) is 2. The number of carbonyl (C=O) groups is 2. The molecule has 1 N–H and O–H groups in total. The summed E-state index contributed by atoms with van der Waals surface area (Å²) in [4.78, 5) is 27.2. The SMILES string of the molecule is [2H]N1CCCN(C2CCN(C(=O)OCC)CC2OC)C1=O. The Morgan fingerprint density at radius 1 is 1.55 bits per heavy atom. The Morgan fingerprint density at radius 2 is 2.35 bits per heavy atom. The first-order valence-corrected chi connectivity index (χ1v) is 7.10. The van der Waals surface area contributed by atoms with E-state index in [9.17, 15) is 9.59 Å². The standard InChI is InChI=1S/C13H23N3O4/c1-3-20-13(18)15-8-5-10(11(9-15)19-2)16-7-4-6-14-12(16)17/h10-11H,3-9H2,1-2H3,(H,14,17)/i/hD. The third-order valence-electron chi connectivity index (χ3n) is 3.80. The van der Waals surface area contributed by atoms with Gasteiger partial charge in [-0.1, -0.05) is 0 Å². The number of amides is 3. The highest BCUT2D eigenvalue weighted by atomic mass is 16.6. The minimum absolute atomic E-state index is 0.0960. The molecular formula is C13H23N3O4. The minimum Gasteiger partial charge on any atom is -0.450 e. The molecule has 0 spiro atoms. The van der Waals surface area contributed by atoms with Gasteiger partial charge in [-0.25, -0.2) is 9.59 Å². The zero-order valence-electron chi connectivity index (χ0n) is 13.1. The van der Waals surface area contributed by atoms with Crippen LogP contribution in [0.5, 0.6) is 0 Å². The number of hydrogen-bond donors (Lipinski definition) is 1. The van der Waals surface area contributed by atoms with Crippen molar-refractivity contribution in [2.45, 2.75) is 31.9 Å². The normalized spacial score (nSPS) is 28.4. The van der Waals surface area contributed by atoms with Gasteiger partial charge in [0.05, 0.1) is 25.3 Å². The van der Waals surface area contributed by atoms with E-state index in [0.29, 0.717) is 39.2 Å². The first kappa shape index (κ1) is 13.5. The molecule has 2 rings (SSSR count). The van der Waals surface area contributed by atoms with Gasteiger partial charge in [0, 0.05) is 26.7 Å². The van der Waals surface area contributed by atoms with Crippen molar-refractivity contribution < 1.29 is 20.5 Å². The quantitative estimate of drug-likeness (QED) is 0.827. The van der Waals surface area contributed by atoms with E-state index in [0.717, 1.165) is 11.7 Å². The number of likely N-dealkylation sites (tertiary alicyclic amines) is 1. The third-order valence-corrected chi connectivity index (χ3v) is 3.80. The van der Waals surface area contributed by atoms with Crippen LogP contribution in [-0.4, -0.2) is 74.0 Å². The van der Waals surface area contributed by atoms with Crippen LogP contribution in [0.4, 0.5) is 9.59 Å². The molecule has 0 aromatic heterocycles. The second kappa shape index (κ2) is 6.78. The van der Waals surface area contributed by atoms with E-state index in [1.54, 1.807) is 23.8 Å². The lowest BCUT2D eigenvalue weighted by Gasteiger charge is -2.43. The molecule has 0 aromatic rings. The van der Waals surface area contributed by atoms with Crippen LogP contribution in [-0.2, 0) is 9.47 Å². The largest absolute Gasteiger partial charge is 0.450 e. The van der Waals surface area contributed by atoms with Crippen LogP contribution in [0.3, 0.4) is 0 Å². The number of urea groups is 1. The van der Waals surface area contributed by atoms with Crippen LogP contribution in [0.1, 0.15) is 19.8 Å². The number of rotatable bonds is 3. The van der Waals surface area contributed by atoms with Crippen molar-refractivity contribution in [3.8, 4) is 0 Å². The summed E-state index contributed by atoms with van der Waals surface area (Å²) in [5.41, 5.74) is 0. The van der Waals surface area contributed by atoms with Crippen molar-refractivity contribution in [2.75, 3.05) is 39.9 Å². The molecule has 7 heteroatoms. The molecule has 0 bridgehead atoms. The topological polar surface area (TPSA) is 71.1 Å². The first-order valence-electron chi connectivity index (χ1n) is 7.54. The molecule has 0 aliphatic carbocycles. The predicted octanol–water partition coefficient (Wildman–Crippen LogP) is 0.648. The van der Waals surface area contributed by atoms with E-state index in [1.807, 2.05) is 0 Å². The highest BCUT2D eigenvalue weighted by Crippen LogP contribution is 2.21. The molecule has 0 radical (unpaired) electrons. The smallest absolute Gasteiger partial charge is 0.409 e. The van der Waals surface area contributed by atoms with Crippen LogP contribution >= 0.6 is 0 Å². The maximum absolute atomic E-state index is 12.1. The number of carbonyl (C=O) groups excluding carboxylic acids is 2. The monoisotopic (exact) mass is 286 g/mol. The number of methoxy groups -OCH3 is 1. The molecule has 3 amide bonds. The van der Waals surface area contributed by atoms with Gasteiger partial charge in [-0.2, -0.15) is 0 Å². The van der Waals surface area contributed by atoms with Crippen LogP contribution in [0, 0.1) is 0 Å². The predicted molar refractivity (Wildman–Crippen MR) is 72.5 cm³/mol. The number of ether oxygens (including phenoxy) is 2. The molecule has 114 valence electrons.